The summed E-state index contributed by atoms with van der Waals surface area (Å²) in [5, 5.41) is 2.75. The van der Waals surface area contributed by atoms with Crippen molar-refractivity contribution in [2.75, 3.05) is 19.6 Å². The van der Waals surface area contributed by atoms with Crippen molar-refractivity contribution in [1.29, 1.82) is 0 Å². The number of nitrogens with zero attached hydrogens (tertiary/aromatic N) is 1. The Balaban J connectivity index is 1.74. The molecule has 0 bridgehead atoms. The van der Waals surface area contributed by atoms with E-state index in [2.05, 4.69) is 5.32 Å². The summed E-state index contributed by atoms with van der Waals surface area (Å²) in [4.78, 5) is 25.1. The monoisotopic (exact) mass is 250 g/mol. The Labute approximate surface area is 106 Å². The Morgan fingerprint density at radius 1 is 1.39 bits per heavy atom. The van der Waals surface area contributed by atoms with Crippen LogP contribution < -0.4 is 5.32 Å². The van der Waals surface area contributed by atoms with Crippen molar-refractivity contribution in [3.63, 3.8) is 0 Å². The highest BCUT2D eigenvalue weighted by molar-refractivity contribution is 5.91. The number of hydrogen-bond donors (Lipinski definition) is 1. The Kier molecular flexibility index (Phi) is 4.39. The molecule has 0 atom stereocenters. The van der Waals surface area contributed by atoms with E-state index in [1.807, 2.05) is 4.90 Å². The molecule has 0 unspecified atom stereocenters. The fraction of sp³-hybridized carbons (Fsp3) is 0.538. The average molecular weight is 250 g/mol. The molecule has 1 aliphatic heterocycles. The summed E-state index contributed by atoms with van der Waals surface area (Å²) in [5.41, 5.74) is 0. The average Bonchev–Trinajstić information content (AvgIpc) is 2.82. The van der Waals surface area contributed by atoms with Crippen molar-refractivity contribution in [2.45, 2.75) is 25.7 Å². The molecule has 18 heavy (non-hydrogen) atoms. The molecular formula is C13H18N2O3. The lowest BCUT2D eigenvalue weighted by Gasteiger charge is -2.20. The predicted octanol–water partition coefficient (Wildman–Crippen LogP) is 1.41. The molecule has 2 rings (SSSR count). The molecule has 1 aromatic rings. The molecule has 2 heterocycles. The molecule has 0 spiro atoms. The van der Waals surface area contributed by atoms with Gasteiger partial charge in [0.05, 0.1) is 6.26 Å². The van der Waals surface area contributed by atoms with Gasteiger partial charge in [0, 0.05) is 26.1 Å². The van der Waals surface area contributed by atoms with E-state index in [0.717, 1.165) is 25.8 Å². The quantitative estimate of drug-likeness (QED) is 0.878. The fourth-order valence-corrected chi connectivity index (χ4v) is 2.07. The standard InChI is InChI=1S/C13H18N2O3/c16-12-6-2-1-3-8-15(12)9-7-14-13(17)11-5-4-10-18-11/h4-5,10H,1-3,6-9H2,(H,14,17). The summed E-state index contributed by atoms with van der Waals surface area (Å²) < 4.78 is 4.99. The summed E-state index contributed by atoms with van der Waals surface area (Å²) >= 11 is 0. The molecule has 1 saturated heterocycles. The molecule has 0 aromatic carbocycles. The van der Waals surface area contributed by atoms with Crippen LogP contribution in [0.15, 0.2) is 22.8 Å². The third-order valence-electron chi connectivity index (χ3n) is 3.08. The van der Waals surface area contributed by atoms with E-state index in [1.165, 1.54) is 6.26 Å². The minimum absolute atomic E-state index is 0.194. The summed E-state index contributed by atoms with van der Waals surface area (Å²) in [6.07, 6.45) is 5.24. The zero-order valence-corrected chi connectivity index (χ0v) is 10.4. The van der Waals surface area contributed by atoms with Gasteiger partial charge in [0.1, 0.15) is 0 Å². The van der Waals surface area contributed by atoms with Crippen LogP contribution in [-0.4, -0.2) is 36.3 Å². The molecule has 5 heteroatoms. The number of carbonyl (C=O) groups is 2. The first kappa shape index (κ1) is 12.7. The molecule has 98 valence electrons. The lowest BCUT2D eigenvalue weighted by molar-refractivity contribution is -0.130. The Hall–Kier alpha value is -1.78. The molecule has 2 amide bonds. The Morgan fingerprint density at radius 2 is 2.28 bits per heavy atom. The van der Waals surface area contributed by atoms with Crippen LogP contribution in [0.4, 0.5) is 0 Å². The molecule has 0 saturated carbocycles. The number of likely N-dealkylation sites (tertiary alicyclic amines) is 1. The first-order valence-corrected chi connectivity index (χ1v) is 6.37. The van der Waals surface area contributed by atoms with Crippen LogP contribution in [0.1, 0.15) is 36.2 Å². The van der Waals surface area contributed by atoms with Crippen molar-refractivity contribution in [3.8, 4) is 0 Å². The second-order valence-electron chi connectivity index (χ2n) is 4.42. The van der Waals surface area contributed by atoms with Crippen LogP contribution in [0, 0.1) is 0 Å². The van der Waals surface area contributed by atoms with Gasteiger partial charge in [0.2, 0.25) is 5.91 Å². The van der Waals surface area contributed by atoms with E-state index in [0.29, 0.717) is 25.3 Å². The number of hydrogen-bond acceptors (Lipinski definition) is 3. The number of carbonyl (C=O) groups excluding carboxylic acids is 2. The van der Waals surface area contributed by atoms with Crippen molar-refractivity contribution >= 4 is 11.8 Å². The van der Waals surface area contributed by atoms with E-state index < -0.39 is 0 Å². The summed E-state index contributed by atoms with van der Waals surface area (Å²) in [5.74, 6) is 0.263. The van der Waals surface area contributed by atoms with Gasteiger partial charge in [-0.2, -0.15) is 0 Å². The molecule has 1 N–H and O–H groups in total. The highest BCUT2D eigenvalue weighted by Crippen LogP contribution is 2.10. The molecule has 1 aliphatic rings. The van der Waals surface area contributed by atoms with Crippen LogP contribution in [0.3, 0.4) is 0 Å². The molecular weight excluding hydrogens is 232 g/mol. The van der Waals surface area contributed by atoms with Gasteiger partial charge < -0.3 is 14.6 Å². The first-order valence-electron chi connectivity index (χ1n) is 6.37. The predicted molar refractivity (Wildman–Crippen MR) is 66.1 cm³/mol. The van der Waals surface area contributed by atoms with Gasteiger partial charge >= 0.3 is 0 Å². The first-order chi connectivity index (χ1) is 8.77. The molecule has 1 fully saturated rings. The van der Waals surface area contributed by atoms with Gasteiger partial charge in [-0.15, -0.1) is 0 Å². The van der Waals surface area contributed by atoms with Gasteiger partial charge in [-0.1, -0.05) is 6.42 Å². The topological polar surface area (TPSA) is 62.6 Å². The van der Waals surface area contributed by atoms with Gasteiger partial charge in [0.25, 0.3) is 5.91 Å². The fourth-order valence-electron chi connectivity index (χ4n) is 2.07. The van der Waals surface area contributed by atoms with E-state index >= 15 is 0 Å². The normalized spacial score (nSPS) is 16.4. The molecule has 0 aliphatic carbocycles. The van der Waals surface area contributed by atoms with Crippen LogP contribution in [0.25, 0.3) is 0 Å². The Morgan fingerprint density at radius 3 is 3.06 bits per heavy atom. The van der Waals surface area contributed by atoms with Crippen LogP contribution in [0.5, 0.6) is 0 Å². The van der Waals surface area contributed by atoms with E-state index in [4.69, 9.17) is 4.42 Å². The van der Waals surface area contributed by atoms with Gasteiger partial charge in [-0.25, -0.2) is 0 Å². The van der Waals surface area contributed by atoms with Crippen LogP contribution in [0.2, 0.25) is 0 Å². The van der Waals surface area contributed by atoms with Crippen molar-refractivity contribution in [1.82, 2.24) is 10.2 Å². The molecule has 1 aromatic heterocycles. The van der Waals surface area contributed by atoms with Gasteiger partial charge in [0.15, 0.2) is 5.76 Å². The third kappa shape index (κ3) is 3.35. The minimum atomic E-state index is -0.234. The van der Waals surface area contributed by atoms with E-state index in [1.54, 1.807) is 12.1 Å². The lowest BCUT2D eigenvalue weighted by atomic mass is 10.2. The second-order valence-corrected chi connectivity index (χ2v) is 4.42. The molecule has 0 radical (unpaired) electrons. The third-order valence-corrected chi connectivity index (χ3v) is 3.08. The number of amides is 2. The second kappa shape index (κ2) is 6.23. The van der Waals surface area contributed by atoms with Gasteiger partial charge in [-0.05, 0) is 25.0 Å². The van der Waals surface area contributed by atoms with Crippen molar-refractivity contribution in [2.24, 2.45) is 0 Å². The largest absolute Gasteiger partial charge is 0.459 e. The van der Waals surface area contributed by atoms with Crippen molar-refractivity contribution in [3.05, 3.63) is 24.2 Å². The number of furan rings is 1. The zero-order chi connectivity index (χ0) is 12.8. The zero-order valence-electron chi connectivity index (χ0n) is 10.4. The SMILES string of the molecule is O=C(NCCN1CCCCCC1=O)c1ccco1. The lowest BCUT2D eigenvalue weighted by Crippen LogP contribution is -2.38. The number of rotatable bonds is 4. The van der Waals surface area contributed by atoms with Gasteiger partial charge in [-0.3, -0.25) is 9.59 Å². The smallest absolute Gasteiger partial charge is 0.287 e. The maximum Gasteiger partial charge on any atom is 0.287 e. The molecule has 5 nitrogen and oxygen atoms in total. The van der Waals surface area contributed by atoms with Crippen LogP contribution in [-0.2, 0) is 4.79 Å². The van der Waals surface area contributed by atoms with Crippen LogP contribution >= 0.6 is 0 Å². The maximum atomic E-state index is 11.7. The minimum Gasteiger partial charge on any atom is -0.459 e. The van der Waals surface area contributed by atoms with E-state index in [9.17, 15) is 9.59 Å². The maximum absolute atomic E-state index is 11.7. The number of nitrogens with one attached hydrogen (secondary N) is 1. The summed E-state index contributed by atoms with van der Waals surface area (Å²) in [7, 11) is 0. The summed E-state index contributed by atoms with van der Waals surface area (Å²) in [6, 6.07) is 3.29. The van der Waals surface area contributed by atoms with E-state index in [-0.39, 0.29) is 11.8 Å². The summed E-state index contributed by atoms with van der Waals surface area (Å²) in [6.45, 7) is 1.84. The highest BCUT2D eigenvalue weighted by Gasteiger charge is 2.16. The highest BCUT2D eigenvalue weighted by atomic mass is 16.3. The Bertz CT molecular complexity index is 400. The van der Waals surface area contributed by atoms with Crippen molar-refractivity contribution < 1.29 is 14.0 Å².